The first kappa shape index (κ1) is 32.2. The summed E-state index contributed by atoms with van der Waals surface area (Å²) in [5.74, 6) is -1.67. The fourth-order valence-electron chi connectivity index (χ4n) is 4.51. The summed E-state index contributed by atoms with van der Waals surface area (Å²) in [5.41, 5.74) is 0.588. The second kappa shape index (κ2) is 14.1. The average Bonchev–Trinajstić information content (AvgIpc) is 3.74. The van der Waals surface area contributed by atoms with Crippen LogP contribution in [0.1, 0.15) is 69.7 Å². The van der Waals surface area contributed by atoms with Crippen LogP contribution in [0.5, 0.6) is 11.5 Å². The molecule has 42 heavy (non-hydrogen) atoms. The quantitative estimate of drug-likeness (QED) is 0.276. The number of para-hydroxylation sites is 1. The number of rotatable bonds is 12. The van der Waals surface area contributed by atoms with Gasteiger partial charge in [0.15, 0.2) is 0 Å². The van der Waals surface area contributed by atoms with Crippen molar-refractivity contribution in [2.45, 2.75) is 84.0 Å². The smallest absolute Gasteiger partial charge is 0.408 e. The van der Waals surface area contributed by atoms with Crippen molar-refractivity contribution in [2.75, 3.05) is 13.2 Å². The van der Waals surface area contributed by atoms with Crippen molar-refractivity contribution < 1.29 is 38.9 Å². The molecule has 2 atom stereocenters. The molecule has 2 unspecified atom stereocenters. The third-order valence-corrected chi connectivity index (χ3v) is 6.58. The minimum absolute atomic E-state index is 0.0272. The molecule has 11 nitrogen and oxygen atoms in total. The summed E-state index contributed by atoms with van der Waals surface area (Å²) < 4.78 is 10.4. The van der Waals surface area contributed by atoms with Gasteiger partial charge in [-0.2, -0.15) is 0 Å². The van der Waals surface area contributed by atoms with Crippen LogP contribution >= 0.6 is 0 Å². The minimum atomic E-state index is -1.24. The van der Waals surface area contributed by atoms with Crippen molar-refractivity contribution in [3.8, 4) is 11.5 Å². The van der Waals surface area contributed by atoms with E-state index in [1.807, 2.05) is 0 Å². The van der Waals surface area contributed by atoms with E-state index >= 15 is 0 Å². The van der Waals surface area contributed by atoms with Crippen LogP contribution in [0.25, 0.3) is 0 Å². The number of aryl methyl sites for hydroxylation is 1. The zero-order valence-electron chi connectivity index (χ0n) is 24.8. The van der Waals surface area contributed by atoms with Crippen LogP contribution < -0.4 is 10.6 Å². The van der Waals surface area contributed by atoms with Gasteiger partial charge in [-0.1, -0.05) is 30.3 Å². The number of carbonyl (C=O) groups is 4. The Kier molecular flexibility index (Phi) is 10.8. The van der Waals surface area contributed by atoms with Gasteiger partial charge in [0.1, 0.15) is 29.2 Å². The number of phenols is 2. The third kappa shape index (κ3) is 9.12. The first-order valence-corrected chi connectivity index (χ1v) is 14.1. The van der Waals surface area contributed by atoms with E-state index in [1.54, 1.807) is 65.0 Å². The summed E-state index contributed by atoms with van der Waals surface area (Å²) >= 11 is 0. The summed E-state index contributed by atoms with van der Waals surface area (Å²) in [5, 5.41) is 26.1. The Hall–Kier alpha value is -4.28. The number of nitrogens with zero attached hydrogens (tertiary/aromatic N) is 1. The van der Waals surface area contributed by atoms with E-state index < -0.39 is 41.6 Å². The van der Waals surface area contributed by atoms with Crippen molar-refractivity contribution in [2.24, 2.45) is 0 Å². The van der Waals surface area contributed by atoms with Crippen LogP contribution in [0.2, 0.25) is 0 Å². The van der Waals surface area contributed by atoms with Gasteiger partial charge in [0.2, 0.25) is 11.8 Å². The second-order valence-electron chi connectivity index (χ2n) is 11.3. The lowest BCUT2D eigenvalue weighted by Gasteiger charge is -2.35. The Morgan fingerprint density at radius 3 is 2.31 bits per heavy atom. The Morgan fingerprint density at radius 2 is 1.71 bits per heavy atom. The molecule has 11 heteroatoms. The van der Waals surface area contributed by atoms with Gasteiger partial charge in [-0.15, -0.1) is 0 Å². The zero-order chi connectivity index (χ0) is 31.0. The van der Waals surface area contributed by atoms with E-state index in [1.165, 1.54) is 17.0 Å². The highest BCUT2D eigenvalue weighted by molar-refractivity contribution is 5.93. The van der Waals surface area contributed by atoms with Gasteiger partial charge in [0.05, 0.1) is 13.0 Å². The molecule has 0 bridgehead atoms. The topological polar surface area (TPSA) is 154 Å². The van der Waals surface area contributed by atoms with Gasteiger partial charge in [-0.3, -0.25) is 14.4 Å². The molecule has 0 aromatic heterocycles. The van der Waals surface area contributed by atoms with Gasteiger partial charge in [-0.05, 0) is 70.7 Å². The van der Waals surface area contributed by atoms with Crippen molar-refractivity contribution in [1.29, 1.82) is 0 Å². The van der Waals surface area contributed by atoms with Gasteiger partial charge in [-0.25, -0.2) is 4.79 Å². The Labute approximate surface area is 246 Å². The molecule has 1 aliphatic carbocycles. The first-order chi connectivity index (χ1) is 19.8. The number of benzene rings is 2. The number of alkyl carbamates (subject to hydrolysis) is 1. The number of hydrogen-bond acceptors (Lipinski definition) is 8. The predicted molar refractivity (Wildman–Crippen MR) is 155 cm³/mol. The first-order valence-electron chi connectivity index (χ1n) is 14.1. The number of aromatic hydroxyl groups is 2. The molecule has 228 valence electrons. The molecule has 0 spiro atoms. The number of esters is 1. The van der Waals surface area contributed by atoms with E-state index in [2.05, 4.69) is 10.6 Å². The zero-order valence-corrected chi connectivity index (χ0v) is 24.8. The standard InChI is InChI=1S/C31H41N3O8/c1-6-41-25(36)16-17-32-28(38)26(23-9-7-8-19(2)27(23)37)34(21-12-13-21)29(39)24(33-30(40)42-31(3,4)5)18-20-10-14-22(35)15-11-20/h7-11,14-15,21,24,26,35,37H,6,12-13,16-18H2,1-5H3,(H,32,38)(H,33,40). The maximum Gasteiger partial charge on any atom is 0.408 e. The summed E-state index contributed by atoms with van der Waals surface area (Å²) in [4.78, 5) is 54.2. The fourth-order valence-corrected chi connectivity index (χ4v) is 4.51. The Morgan fingerprint density at radius 1 is 1.05 bits per heavy atom. The normalized spacial score (nSPS) is 14.3. The number of amides is 3. The molecular weight excluding hydrogens is 542 g/mol. The lowest BCUT2D eigenvalue weighted by Crippen LogP contribution is -2.54. The summed E-state index contributed by atoms with van der Waals surface area (Å²) in [6.07, 6.45) is 0.447. The number of nitrogens with one attached hydrogen (secondary N) is 2. The highest BCUT2D eigenvalue weighted by atomic mass is 16.6. The summed E-state index contributed by atoms with van der Waals surface area (Å²) in [6.45, 7) is 8.68. The number of hydrogen-bond donors (Lipinski definition) is 4. The van der Waals surface area contributed by atoms with Gasteiger partial charge in [0, 0.05) is 24.6 Å². The van der Waals surface area contributed by atoms with Gasteiger partial charge in [0.25, 0.3) is 0 Å². The fraction of sp³-hybridized carbons (Fsp3) is 0.484. The summed E-state index contributed by atoms with van der Waals surface area (Å²) in [7, 11) is 0. The van der Waals surface area contributed by atoms with Crippen LogP contribution in [0.3, 0.4) is 0 Å². The average molecular weight is 584 g/mol. The molecule has 1 fully saturated rings. The maximum atomic E-state index is 14.4. The van der Waals surface area contributed by atoms with Crippen LogP contribution in [-0.4, -0.2) is 69.8 Å². The van der Waals surface area contributed by atoms with Gasteiger partial charge >= 0.3 is 12.1 Å². The van der Waals surface area contributed by atoms with E-state index in [9.17, 15) is 29.4 Å². The highest BCUT2D eigenvalue weighted by Crippen LogP contribution is 2.39. The van der Waals surface area contributed by atoms with Crippen molar-refractivity contribution >= 4 is 23.9 Å². The van der Waals surface area contributed by atoms with Crippen molar-refractivity contribution in [3.63, 3.8) is 0 Å². The Balaban J connectivity index is 1.99. The molecule has 1 saturated carbocycles. The largest absolute Gasteiger partial charge is 0.508 e. The van der Waals surface area contributed by atoms with E-state index in [0.29, 0.717) is 24.0 Å². The second-order valence-corrected chi connectivity index (χ2v) is 11.3. The molecule has 0 heterocycles. The van der Waals surface area contributed by atoms with E-state index in [4.69, 9.17) is 9.47 Å². The van der Waals surface area contributed by atoms with Gasteiger partial charge < -0.3 is 35.2 Å². The predicted octanol–water partition coefficient (Wildman–Crippen LogP) is 3.64. The number of phenolic OH excluding ortho intramolecular Hbond substituents is 2. The highest BCUT2D eigenvalue weighted by Gasteiger charge is 2.45. The molecule has 3 rings (SSSR count). The molecule has 1 aliphatic rings. The van der Waals surface area contributed by atoms with Crippen LogP contribution in [0.4, 0.5) is 4.79 Å². The van der Waals surface area contributed by atoms with Crippen LogP contribution in [-0.2, 0) is 30.3 Å². The molecule has 0 radical (unpaired) electrons. The molecule has 2 aromatic carbocycles. The van der Waals surface area contributed by atoms with E-state index in [-0.39, 0.29) is 49.1 Å². The minimum Gasteiger partial charge on any atom is -0.508 e. The number of carbonyl (C=O) groups excluding carboxylic acids is 4. The monoisotopic (exact) mass is 583 g/mol. The number of ether oxygens (including phenoxy) is 2. The summed E-state index contributed by atoms with van der Waals surface area (Å²) in [6, 6.07) is 8.50. The lowest BCUT2D eigenvalue weighted by atomic mass is 9.97. The van der Waals surface area contributed by atoms with Crippen molar-refractivity contribution in [3.05, 3.63) is 59.2 Å². The third-order valence-electron chi connectivity index (χ3n) is 6.58. The molecule has 2 aromatic rings. The van der Waals surface area contributed by atoms with E-state index in [0.717, 1.165) is 0 Å². The van der Waals surface area contributed by atoms with Crippen molar-refractivity contribution in [1.82, 2.24) is 15.5 Å². The van der Waals surface area contributed by atoms with Crippen LogP contribution in [0.15, 0.2) is 42.5 Å². The molecule has 0 saturated heterocycles. The molecule has 0 aliphatic heterocycles. The molecule has 4 N–H and O–H groups in total. The molecule has 3 amide bonds. The van der Waals surface area contributed by atoms with Crippen LogP contribution in [0, 0.1) is 6.92 Å². The SMILES string of the molecule is CCOC(=O)CCNC(=O)C(c1cccc(C)c1O)N(C(=O)C(Cc1ccc(O)cc1)NC(=O)OC(C)(C)C)C1CC1. The maximum absolute atomic E-state index is 14.4. The lowest BCUT2D eigenvalue weighted by molar-refractivity contribution is -0.144. The Bertz CT molecular complexity index is 1270. The molecular formula is C31H41N3O8.